The van der Waals surface area contributed by atoms with Gasteiger partial charge in [0.2, 0.25) is 0 Å². The maximum Gasteiger partial charge on any atom is 0.0508 e. The van der Waals surface area contributed by atoms with Crippen molar-refractivity contribution in [3.05, 3.63) is 28.2 Å². The van der Waals surface area contributed by atoms with Crippen LogP contribution in [-0.4, -0.2) is 33.4 Å². The van der Waals surface area contributed by atoms with E-state index in [1.54, 1.807) is 7.11 Å². The van der Waals surface area contributed by atoms with Gasteiger partial charge in [-0.15, -0.1) is 0 Å². The lowest BCUT2D eigenvalue weighted by Crippen LogP contribution is -2.24. The van der Waals surface area contributed by atoms with E-state index in [9.17, 15) is 0 Å². The molecule has 0 radical (unpaired) electrons. The Morgan fingerprint density at radius 3 is 3.05 bits per heavy atom. The molecule has 4 heteroatoms. The number of benzene rings is 1. The zero-order chi connectivity index (χ0) is 14.4. The molecule has 1 heterocycles. The van der Waals surface area contributed by atoms with Crippen LogP contribution in [0.5, 0.6) is 0 Å². The Bertz CT molecular complexity index is 425. The van der Waals surface area contributed by atoms with Crippen LogP contribution in [0.25, 0.3) is 0 Å². The zero-order valence-corrected chi connectivity index (χ0v) is 14.1. The first kappa shape index (κ1) is 15.8. The molecule has 112 valence electrons. The third-order valence-corrected chi connectivity index (χ3v) is 4.31. The van der Waals surface area contributed by atoms with Crippen molar-refractivity contribution in [1.29, 1.82) is 0 Å². The third kappa shape index (κ3) is 4.21. The largest absolute Gasteiger partial charge is 0.384 e. The molecular formula is C16H25BrN2O. The van der Waals surface area contributed by atoms with E-state index in [1.807, 2.05) is 0 Å². The Kier molecular flexibility index (Phi) is 6.33. The summed E-state index contributed by atoms with van der Waals surface area (Å²) in [5.74, 6) is 0.667. The van der Waals surface area contributed by atoms with Gasteiger partial charge in [0, 0.05) is 42.8 Å². The highest BCUT2D eigenvalue weighted by atomic mass is 79.9. The number of nitrogens with one attached hydrogen (secondary N) is 1. The summed E-state index contributed by atoms with van der Waals surface area (Å²) in [5.41, 5.74) is 2.75. The predicted octanol–water partition coefficient (Wildman–Crippen LogP) is 3.42. The van der Waals surface area contributed by atoms with Crippen LogP contribution < -0.4 is 10.2 Å². The first-order valence-electron chi connectivity index (χ1n) is 7.47. The van der Waals surface area contributed by atoms with Crippen LogP contribution in [-0.2, 0) is 11.3 Å². The summed E-state index contributed by atoms with van der Waals surface area (Å²) in [5, 5.41) is 3.51. The van der Waals surface area contributed by atoms with E-state index in [-0.39, 0.29) is 0 Å². The molecule has 1 aliphatic rings. The molecule has 1 N–H and O–H groups in total. The fourth-order valence-corrected chi connectivity index (χ4v) is 3.24. The Morgan fingerprint density at radius 2 is 2.30 bits per heavy atom. The van der Waals surface area contributed by atoms with Crippen LogP contribution >= 0.6 is 15.9 Å². The maximum absolute atomic E-state index is 5.29. The smallest absolute Gasteiger partial charge is 0.0508 e. The standard InChI is InChI=1S/C16H25BrN2O/c1-3-7-18-10-14-9-15(17)4-5-16(14)19-8-6-13(11-19)12-20-2/h4-5,9,13,18H,3,6-8,10-12H2,1-2H3. The molecule has 1 aromatic carbocycles. The average Bonchev–Trinajstić information content (AvgIpc) is 2.88. The highest BCUT2D eigenvalue weighted by molar-refractivity contribution is 9.10. The molecule has 0 aromatic heterocycles. The first-order chi connectivity index (χ1) is 9.74. The fraction of sp³-hybridized carbons (Fsp3) is 0.625. The van der Waals surface area contributed by atoms with E-state index in [4.69, 9.17) is 4.74 Å². The van der Waals surface area contributed by atoms with E-state index in [2.05, 4.69) is 51.3 Å². The molecule has 0 bridgehead atoms. The number of halogens is 1. The van der Waals surface area contributed by atoms with Crippen molar-refractivity contribution in [3.63, 3.8) is 0 Å². The Labute approximate surface area is 130 Å². The molecule has 1 atom stereocenters. The molecule has 20 heavy (non-hydrogen) atoms. The Morgan fingerprint density at radius 1 is 1.45 bits per heavy atom. The minimum Gasteiger partial charge on any atom is -0.384 e. The number of anilines is 1. The molecule has 1 unspecified atom stereocenters. The summed E-state index contributed by atoms with van der Waals surface area (Å²) >= 11 is 3.58. The highest BCUT2D eigenvalue weighted by Gasteiger charge is 2.24. The van der Waals surface area contributed by atoms with Gasteiger partial charge >= 0.3 is 0 Å². The van der Waals surface area contributed by atoms with Crippen molar-refractivity contribution in [2.24, 2.45) is 5.92 Å². The second-order valence-electron chi connectivity index (χ2n) is 5.51. The zero-order valence-electron chi connectivity index (χ0n) is 12.5. The van der Waals surface area contributed by atoms with Crippen molar-refractivity contribution in [3.8, 4) is 0 Å². The molecule has 1 fully saturated rings. The highest BCUT2D eigenvalue weighted by Crippen LogP contribution is 2.29. The van der Waals surface area contributed by atoms with Gasteiger partial charge in [-0.05, 0) is 43.1 Å². The molecule has 2 rings (SSSR count). The van der Waals surface area contributed by atoms with Gasteiger partial charge < -0.3 is 15.0 Å². The van der Waals surface area contributed by atoms with Crippen molar-refractivity contribution >= 4 is 21.6 Å². The molecular weight excluding hydrogens is 316 g/mol. The van der Waals surface area contributed by atoms with Crippen LogP contribution in [0, 0.1) is 5.92 Å². The van der Waals surface area contributed by atoms with Gasteiger partial charge in [-0.2, -0.15) is 0 Å². The van der Waals surface area contributed by atoms with Crippen molar-refractivity contribution in [2.75, 3.05) is 38.3 Å². The van der Waals surface area contributed by atoms with Crippen LogP contribution in [0.2, 0.25) is 0 Å². The minimum atomic E-state index is 0.667. The predicted molar refractivity (Wildman–Crippen MR) is 88.3 cm³/mol. The van der Waals surface area contributed by atoms with Crippen molar-refractivity contribution in [1.82, 2.24) is 5.32 Å². The van der Waals surface area contributed by atoms with Gasteiger partial charge in [-0.25, -0.2) is 0 Å². The Balaban J connectivity index is 2.06. The van der Waals surface area contributed by atoms with Crippen molar-refractivity contribution < 1.29 is 4.74 Å². The van der Waals surface area contributed by atoms with Gasteiger partial charge in [0.05, 0.1) is 6.61 Å². The molecule has 3 nitrogen and oxygen atoms in total. The summed E-state index contributed by atoms with van der Waals surface area (Å²) in [6, 6.07) is 6.62. The second-order valence-corrected chi connectivity index (χ2v) is 6.42. The van der Waals surface area contributed by atoms with Gasteiger partial charge in [0.1, 0.15) is 0 Å². The molecule has 0 amide bonds. The first-order valence-corrected chi connectivity index (χ1v) is 8.27. The molecule has 0 saturated carbocycles. The average molecular weight is 341 g/mol. The van der Waals surface area contributed by atoms with E-state index in [0.29, 0.717) is 5.92 Å². The lowest BCUT2D eigenvalue weighted by atomic mass is 10.1. The molecule has 1 saturated heterocycles. The van der Waals surface area contributed by atoms with E-state index in [0.717, 1.165) is 37.3 Å². The summed E-state index contributed by atoms with van der Waals surface area (Å²) in [6.45, 7) is 7.32. The third-order valence-electron chi connectivity index (χ3n) is 3.81. The van der Waals surface area contributed by atoms with Gasteiger partial charge in [-0.3, -0.25) is 0 Å². The molecule has 1 aliphatic heterocycles. The van der Waals surface area contributed by atoms with Gasteiger partial charge in [-0.1, -0.05) is 22.9 Å². The van der Waals surface area contributed by atoms with Crippen LogP contribution in [0.15, 0.2) is 22.7 Å². The summed E-state index contributed by atoms with van der Waals surface area (Å²) in [7, 11) is 1.79. The number of hydrogen-bond acceptors (Lipinski definition) is 3. The number of ether oxygens (including phenoxy) is 1. The van der Waals surface area contributed by atoms with E-state index >= 15 is 0 Å². The monoisotopic (exact) mass is 340 g/mol. The van der Waals surface area contributed by atoms with Crippen LogP contribution in [0.4, 0.5) is 5.69 Å². The number of nitrogens with zero attached hydrogens (tertiary/aromatic N) is 1. The van der Waals surface area contributed by atoms with Gasteiger partial charge in [0.15, 0.2) is 0 Å². The topological polar surface area (TPSA) is 24.5 Å². The second kappa shape index (κ2) is 8.01. The van der Waals surface area contributed by atoms with Crippen molar-refractivity contribution in [2.45, 2.75) is 26.3 Å². The quantitative estimate of drug-likeness (QED) is 0.769. The maximum atomic E-state index is 5.29. The SMILES string of the molecule is CCCNCc1cc(Br)ccc1N1CCC(COC)C1. The van der Waals surface area contributed by atoms with E-state index < -0.39 is 0 Å². The number of methoxy groups -OCH3 is 1. The number of hydrogen-bond donors (Lipinski definition) is 1. The van der Waals surface area contributed by atoms with E-state index in [1.165, 1.54) is 24.1 Å². The lowest BCUT2D eigenvalue weighted by Gasteiger charge is -2.23. The fourth-order valence-electron chi connectivity index (χ4n) is 2.83. The summed E-state index contributed by atoms with van der Waals surface area (Å²) in [4.78, 5) is 2.50. The van der Waals surface area contributed by atoms with Crippen LogP contribution in [0.1, 0.15) is 25.3 Å². The number of rotatable bonds is 7. The lowest BCUT2D eigenvalue weighted by molar-refractivity contribution is 0.161. The summed E-state index contributed by atoms with van der Waals surface area (Å²) < 4.78 is 6.45. The molecule has 0 spiro atoms. The Hall–Kier alpha value is -0.580. The molecule has 0 aliphatic carbocycles. The minimum absolute atomic E-state index is 0.667. The summed E-state index contributed by atoms with van der Waals surface area (Å²) in [6.07, 6.45) is 2.40. The molecule has 1 aromatic rings. The van der Waals surface area contributed by atoms with Crippen LogP contribution in [0.3, 0.4) is 0 Å². The van der Waals surface area contributed by atoms with Gasteiger partial charge in [0.25, 0.3) is 0 Å². The normalized spacial score (nSPS) is 18.8.